The van der Waals surface area contributed by atoms with Gasteiger partial charge in [-0.1, -0.05) is 30.3 Å². The molecule has 1 fully saturated rings. The van der Waals surface area contributed by atoms with Crippen molar-refractivity contribution in [1.82, 2.24) is 20.9 Å². The Hall–Kier alpha value is -3.51. The number of alkyl carbamates (subject to hydrolysis) is 1. The van der Waals surface area contributed by atoms with Crippen molar-refractivity contribution in [2.24, 2.45) is 0 Å². The molecule has 206 valence electrons. The van der Waals surface area contributed by atoms with E-state index in [9.17, 15) is 19.2 Å². The Morgan fingerprint density at radius 1 is 1.05 bits per heavy atom. The summed E-state index contributed by atoms with van der Waals surface area (Å²) in [4.78, 5) is 56.2. The number of anilines is 1. The lowest BCUT2D eigenvalue weighted by Crippen LogP contribution is -2.48. The summed E-state index contributed by atoms with van der Waals surface area (Å²) in [6.45, 7) is 10.4. The number of carbonyl (C=O) groups is 4. The van der Waals surface area contributed by atoms with Crippen molar-refractivity contribution < 1.29 is 28.7 Å². The lowest BCUT2D eigenvalue weighted by atomic mass is 10.1. The van der Waals surface area contributed by atoms with Crippen LogP contribution in [0, 0.1) is 0 Å². The number of imide groups is 1. The molecule has 0 aliphatic carbocycles. The van der Waals surface area contributed by atoms with Gasteiger partial charge in [-0.15, -0.1) is 11.3 Å². The molecule has 3 rings (SSSR count). The van der Waals surface area contributed by atoms with Crippen LogP contribution in [0.3, 0.4) is 0 Å². The Kier molecular flexibility index (Phi) is 9.10. The van der Waals surface area contributed by atoms with Gasteiger partial charge in [0.1, 0.15) is 17.7 Å². The van der Waals surface area contributed by atoms with Gasteiger partial charge in [0.2, 0.25) is 11.0 Å². The van der Waals surface area contributed by atoms with Crippen molar-refractivity contribution in [2.45, 2.75) is 71.2 Å². The molecule has 0 bridgehead atoms. The molecule has 2 atom stereocenters. The van der Waals surface area contributed by atoms with Crippen LogP contribution in [0.4, 0.5) is 14.7 Å². The number of carbonyl (C=O) groups excluding carboxylic acids is 4. The maximum Gasteiger partial charge on any atom is 0.423 e. The normalized spacial score (nSPS) is 17.4. The van der Waals surface area contributed by atoms with Crippen LogP contribution >= 0.6 is 11.3 Å². The Bertz CT molecular complexity index is 1150. The van der Waals surface area contributed by atoms with E-state index in [0.29, 0.717) is 12.2 Å². The summed E-state index contributed by atoms with van der Waals surface area (Å²) in [6.07, 6.45) is -1.28. The molecule has 2 aromatic rings. The Morgan fingerprint density at radius 2 is 1.71 bits per heavy atom. The van der Waals surface area contributed by atoms with Crippen molar-refractivity contribution in [1.29, 1.82) is 0 Å². The summed E-state index contributed by atoms with van der Waals surface area (Å²) < 4.78 is 10.6. The Balaban J connectivity index is 1.67. The molecule has 38 heavy (non-hydrogen) atoms. The largest absolute Gasteiger partial charge is 0.444 e. The van der Waals surface area contributed by atoms with Gasteiger partial charge in [-0.2, -0.15) is 4.90 Å². The summed E-state index contributed by atoms with van der Waals surface area (Å²) in [5.74, 6) is -0.955. The first-order valence-electron chi connectivity index (χ1n) is 12.3. The zero-order valence-corrected chi connectivity index (χ0v) is 23.3. The van der Waals surface area contributed by atoms with Crippen LogP contribution in [0.1, 0.15) is 48.0 Å². The number of nitrogens with one attached hydrogen (secondary N) is 3. The molecule has 1 saturated heterocycles. The molecule has 11 nitrogen and oxygen atoms in total. The smallest absolute Gasteiger partial charge is 0.423 e. The number of benzene rings is 1. The number of amides is 4. The second-order valence-corrected chi connectivity index (χ2v) is 11.7. The third kappa shape index (κ3) is 8.52. The molecule has 4 amide bonds. The van der Waals surface area contributed by atoms with Gasteiger partial charge in [-0.25, -0.2) is 14.6 Å². The summed E-state index contributed by atoms with van der Waals surface area (Å²) in [7, 11) is 0. The molecule has 0 spiro atoms. The van der Waals surface area contributed by atoms with Gasteiger partial charge in [0, 0.05) is 23.5 Å². The van der Waals surface area contributed by atoms with Crippen LogP contribution in [-0.4, -0.2) is 65.4 Å². The SMILES string of the molecule is CC(C)(C)OC(=O)NCC(=O)N[C@H]1CN[C@H](C(=O)N(C(=O)OC(C)(C)C)c2nc(-c3ccccc3)cs2)C1. The molecule has 12 heteroatoms. The maximum atomic E-state index is 13.5. The average molecular weight is 546 g/mol. The average Bonchev–Trinajstić information content (AvgIpc) is 3.46. The highest BCUT2D eigenvalue weighted by molar-refractivity contribution is 7.14. The molecule has 0 radical (unpaired) electrons. The van der Waals surface area contributed by atoms with Crippen LogP contribution in [-0.2, 0) is 19.1 Å². The van der Waals surface area contributed by atoms with Gasteiger partial charge in [0.05, 0.1) is 11.7 Å². The molecule has 1 aromatic carbocycles. The van der Waals surface area contributed by atoms with Gasteiger partial charge < -0.3 is 25.4 Å². The van der Waals surface area contributed by atoms with Crippen molar-refractivity contribution in [3.8, 4) is 11.3 Å². The molecular weight excluding hydrogens is 510 g/mol. The van der Waals surface area contributed by atoms with Gasteiger partial charge in [0.25, 0.3) is 5.91 Å². The van der Waals surface area contributed by atoms with E-state index < -0.39 is 41.2 Å². The standard InChI is InChI=1S/C26H35N5O6S/c1-25(2,3)36-23(34)28-14-20(32)29-17-12-18(27-13-17)21(33)31(24(35)37-26(4,5)6)22-30-19(15-38-22)16-10-8-7-9-11-16/h7-11,15,17-18,27H,12-14H2,1-6H3,(H,28,34)(H,29,32)/t17-,18+/m1/s1. The zero-order valence-electron chi connectivity index (χ0n) is 22.5. The van der Waals surface area contributed by atoms with Gasteiger partial charge in [-0.3, -0.25) is 9.59 Å². The topological polar surface area (TPSA) is 139 Å². The molecular formula is C26H35N5O6S. The van der Waals surface area contributed by atoms with E-state index in [-0.39, 0.29) is 24.1 Å². The van der Waals surface area contributed by atoms with E-state index in [0.717, 1.165) is 21.8 Å². The molecule has 1 aliphatic rings. The third-order valence-corrected chi connectivity index (χ3v) is 5.96. The van der Waals surface area contributed by atoms with E-state index in [1.807, 2.05) is 30.3 Å². The highest BCUT2D eigenvalue weighted by atomic mass is 32.1. The van der Waals surface area contributed by atoms with Gasteiger partial charge in [0.15, 0.2) is 0 Å². The lowest BCUT2D eigenvalue weighted by Gasteiger charge is -2.26. The summed E-state index contributed by atoms with van der Waals surface area (Å²) >= 11 is 1.16. The van der Waals surface area contributed by atoms with Crippen molar-refractivity contribution in [3.05, 3.63) is 35.7 Å². The van der Waals surface area contributed by atoms with Crippen LogP contribution in [0.2, 0.25) is 0 Å². The van der Waals surface area contributed by atoms with E-state index in [4.69, 9.17) is 9.47 Å². The molecule has 1 aliphatic heterocycles. The van der Waals surface area contributed by atoms with Gasteiger partial charge >= 0.3 is 12.2 Å². The third-order valence-electron chi connectivity index (χ3n) is 5.14. The second-order valence-electron chi connectivity index (χ2n) is 10.9. The molecule has 0 saturated carbocycles. The van der Waals surface area contributed by atoms with Crippen LogP contribution < -0.4 is 20.9 Å². The van der Waals surface area contributed by atoms with Crippen molar-refractivity contribution in [2.75, 3.05) is 18.0 Å². The first kappa shape index (κ1) is 29.1. The molecule has 3 N–H and O–H groups in total. The first-order chi connectivity index (χ1) is 17.7. The first-order valence-corrected chi connectivity index (χ1v) is 13.2. The van der Waals surface area contributed by atoms with Crippen molar-refractivity contribution in [3.63, 3.8) is 0 Å². The minimum absolute atomic E-state index is 0.193. The number of rotatable bonds is 6. The van der Waals surface area contributed by atoms with E-state index in [1.165, 1.54) is 0 Å². The maximum absolute atomic E-state index is 13.5. The fraction of sp³-hybridized carbons (Fsp3) is 0.500. The predicted molar refractivity (Wildman–Crippen MR) is 144 cm³/mol. The minimum Gasteiger partial charge on any atom is -0.444 e. The van der Waals surface area contributed by atoms with Gasteiger partial charge in [-0.05, 0) is 48.0 Å². The predicted octanol–water partition coefficient (Wildman–Crippen LogP) is 3.45. The highest BCUT2D eigenvalue weighted by Gasteiger charge is 2.39. The second kappa shape index (κ2) is 11.9. The number of ether oxygens (including phenoxy) is 2. The van der Waals surface area contributed by atoms with E-state index in [1.54, 1.807) is 46.9 Å². The van der Waals surface area contributed by atoms with E-state index in [2.05, 4.69) is 20.9 Å². The van der Waals surface area contributed by atoms with Crippen molar-refractivity contribution >= 4 is 40.5 Å². The van der Waals surface area contributed by atoms with Crippen LogP contribution in [0.5, 0.6) is 0 Å². The fourth-order valence-electron chi connectivity index (χ4n) is 3.61. The van der Waals surface area contributed by atoms with Crippen LogP contribution in [0.15, 0.2) is 35.7 Å². The van der Waals surface area contributed by atoms with E-state index >= 15 is 0 Å². The number of hydrogen-bond acceptors (Lipinski definition) is 9. The monoisotopic (exact) mass is 545 g/mol. The molecule has 0 unspecified atom stereocenters. The highest BCUT2D eigenvalue weighted by Crippen LogP contribution is 2.29. The Labute approximate surface area is 226 Å². The van der Waals surface area contributed by atoms with Crippen LogP contribution in [0.25, 0.3) is 11.3 Å². The fourth-order valence-corrected chi connectivity index (χ4v) is 4.44. The number of aromatic nitrogens is 1. The minimum atomic E-state index is -0.827. The zero-order chi connectivity index (χ0) is 28.1. The lowest BCUT2D eigenvalue weighted by molar-refractivity contribution is -0.122. The number of nitrogens with zero attached hydrogens (tertiary/aromatic N) is 2. The summed E-state index contributed by atoms with van der Waals surface area (Å²) in [6, 6.07) is 8.30. The number of thiazole rings is 1. The summed E-state index contributed by atoms with van der Waals surface area (Å²) in [5.41, 5.74) is -0.0130. The molecule has 1 aromatic heterocycles. The summed E-state index contributed by atoms with van der Waals surface area (Å²) in [5, 5.41) is 10.2. The molecule has 2 heterocycles. The number of hydrogen-bond donors (Lipinski definition) is 3. The quantitative estimate of drug-likeness (QED) is 0.502. The Morgan fingerprint density at radius 3 is 2.34 bits per heavy atom.